The van der Waals surface area contributed by atoms with Crippen molar-refractivity contribution >= 4 is 11.6 Å². The lowest BCUT2D eigenvalue weighted by molar-refractivity contribution is -0.138. The summed E-state index contributed by atoms with van der Waals surface area (Å²) in [5, 5.41) is 0. The molecule has 2 aromatic rings. The molecule has 0 atom stereocenters. The number of nitrogens with zero attached hydrogens (tertiary/aromatic N) is 2. The molecule has 0 N–H and O–H groups in total. The number of piperazine rings is 1. The fourth-order valence-corrected chi connectivity index (χ4v) is 3.00. The van der Waals surface area contributed by atoms with Gasteiger partial charge in [0.2, 0.25) is 5.91 Å². The molecule has 1 amide bonds. The Bertz CT molecular complexity index is 723. The fraction of sp³-hybridized carbons (Fsp3) is 0.316. The summed E-state index contributed by atoms with van der Waals surface area (Å²) in [4.78, 5) is 16.3. The monoisotopic (exact) mass is 348 g/mol. The van der Waals surface area contributed by atoms with Crippen LogP contribution >= 0.6 is 0 Å². The maximum atomic E-state index is 12.8. The van der Waals surface area contributed by atoms with Crippen LogP contribution in [0, 0.1) is 0 Å². The quantitative estimate of drug-likeness (QED) is 0.846. The Kier molecular flexibility index (Phi) is 4.97. The molecule has 1 saturated heterocycles. The molecule has 1 heterocycles. The zero-order chi connectivity index (χ0) is 17.9. The second kappa shape index (κ2) is 7.17. The number of carbonyl (C=O) groups is 1. The van der Waals surface area contributed by atoms with E-state index in [-0.39, 0.29) is 12.3 Å². The Hall–Kier alpha value is -2.50. The number of hydrogen-bond acceptors (Lipinski definition) is 2. The topological polar surface area (TPSA) is 23.6 Å². The molecule has 3 rings (SSSR count). The standard InChI is InChI=1S/C19H19F3N2O/c20-19(21,22)16-6-4-5-15(13-16)14-18(25)24-11-9-23(10-12-24)17-7-2-1-3-8-17/h1-8,13H,9-12,14H2. The van der Waals surface area contributed by atoms with Crippen molar-refractivity contribution in [1.29, 1.82) is 0 Å². The maximum Gasteiger partial charge on any atom is 0.416 e. The van der Waals surface area contributed by atoms with Gasteiger partial charge in [0.15, 0.2) is 0 Å². The summed E-state index contributed by atoms with van der Waals surface area (Å²) in [6, 6.07) is 14.9. The molecule has 25 heavy (non-hydrogen) atoms. The lowest BCUT2D eigenvalue weighted by atomic mass is 10.1. The van der Waals surface area contributed by atoms with Gasteiger partial charge in [0.05, 0.1) is 12.0 Å². The maximum absolute atomic E-state index is 12.8. The Labute approximate surface area is 144 Å². The average Bonchev–Trinajstić information content (AvgIpc) is 2.62. The molecule has 0 aromatic heterocycles. The van der Waals surface area contributed by atoms with Crippen LogP contribution in [0.5, 0.6) is 0 Å². The summed E-state index contributed by atoms with van der Waals surface area (Å²) in [5.74, 6) is -0.132. The minimum atomic E-state index is -4.39. The van der Waals surface area contributed by atoms with E-state index in [1.54, 1.807) is 11.0 Å². The van der Waals surface area contributed by atoms with Gasteiger partial charge in [0.25, 0.3) is 0 Å². The predicted octanol–water partition coefficient (Wildman–Crippen LogP) is 3.60. The van der Waals surface area contributed by atoms with Gasteiger partial charge in [-0.15, -0.1) is 0 Å². The second-order valence-corrected chi connectivity index (χ2v) is 6.08. The zero-order valence-electron chi connectivity index (χ0n) is 13.7. The molecule has 0 aliphatic carbocycles. The summed E-state index contributed by atoms with van der Waals surface area (Å²) < 4.78 is 38.3. The molecule has 0 unspecified atom stereocenters. The highest BCUT2D eigenvalue weighted by Gasteiger charge is 2.30. The Morgan fingerprint density at radius 1 is 0.920 bits per heavy atom. The van der Waals surface area contributed by atoms with Crippen molar-refractivity contribution in [2.75, 3.05) is 31.1 Å². The molecule has 3 nitrogen and oxygen atoms in total. The highest BCUT2D eigenvalue weighted by molar-refractivity contribution is 5.79. The average molecular weight is 348 g/mol. The molecule has 0 radical (unpaired) electrons. The summed E-state index contributed by atoms with van der Waals surface area (Å²) in [6.45, 7) is 2.59. The van der Waals surface area contributed by atoms with E-state index in [0.29, 0.717) is 18.7 Å². The van der Waals surface area contributed by atoms with Crippen molar-refractivity contribution in [3.05, 3.63) is 65.7 Å². The third kappa shape index (κ3) is 4.32. The van der Waals surface area contributed by atoms with E-state index >= 15 is 0 Å². The second-order valence-electron chi connectivity index (χ2n) is 6.08. The van der Waals surface area contributed by atoms with Crippen LogP contribution in [0.3, 0.4) is 0 Å². The molecule has 2 aromatic carbocycles. The van der Waals surface area contributed by atoms with Crippen LogP contribution in [0.25, 0.3) is 0 Å². The minimum absolute atomic E-state index is 0.00471. The number of amides is 1. The summed E-state index contributed by atoms with van der Waals surface area (Å²) >= 11 is 0. The molecular weight excluding hydrogens is 329 g/mol. The smallest absolute Gasteiger partial charge is 0.368 e. The number of alkyl halides is 3. The molecule has 0 bridgehead atoms. The number of benzene rings is 2. The number of carbonyl (C=O) groups excluding carboxylic acids is 1. The van der Waals surface area contributed by atoms with Crippen LogP contribution < -0.4 is 4.90 Å². The van der Waals surface area contributed by atoms with Crippen LogP contribution in [0.15, 0.2) is 54.6 Å². The van der Waals surface area contributed by atoms with E-state index in [9.17, 15) is 18.0 Å². The molecule has 0 saturated carbocycles. The van der Waals surface area contributed by atoms with Gasteiger partial charge in [-0.3, -0.25) is 4.79 Å². The molecule has 1 aliphatic heterocycles. The zero-order valence-corrected chi connectivity index (χ0v) is 13.7. The summed E-state index contributed by atoms with van der Waals surface area (Å²) in [5.41, 5.74) is 0.796. The first-order valence-electron chi connectivity index (χ1n) is 8.17. The Morgan fingerprint density at radius 3 is 2.24 bits per heavy atom. The number of hydrogen-bond donors (Lipinski definition) is 0. The van der Waals surface area contributed by atoms with Gasteiger partial charge in [0, 0.05) is 31.9 Å². The normalized spacial score (nSPS) is 15.3. The van der Waals surface area contributed by atoms with Gasteiger partial charge in [-0.2, -0.15) is 13.2 Å². The first kappa shape index (κ1) is 17.3. The van der Waals surface area contributed by atoms with E-state index in [1.807, 2.05) is 30.3 Å². The molecule has 132 valence electrons. The SMILES string of the molecule is O=C(Cc1cccc(C(F)(F)F)c1)N1CCN(c2ccccc2)CC1. The highest BCUT2D eigenvalue weighted by atomic mass is 19.4. The van der Waals surface area contributed by atoms with E-state index in [2.05, 4.69) is 4.90 Å². The first-order chi connectivity index (χ1) is 11.9. The van der Waals surface area contributed by atoms with Gasteiger partial charge in [-0.05, 0) is 23.8 Å². The number of anilines is 1. The lowest BCUT2D eigenvalue weighted by Crippen LogP contribution is -2.49. The van der Waals surface area contributed by atoms with Crippen LogP contribution in [0.4, 0.5) is 18.9 Å². The first-order valence-corrected chi connectivity index (χ1v) is 8.17. The summed E-state index contributed by atoms with van der Waals surface area (Å²) in [6.07, 6.45) is -4.39. The van der Waals surface area contributed by atoms with Crippen molar-refractivity contribution in [1.82, 2.24) is 4.90 Å². The lowest BCUT2D eigenvalue weighted by Gasteiger charge is -2.36. The number of rotatable bonds is 3. The molecule has 0 spiro atoms. The fourth-order valence-electron chi connectivity index (χ4n) is 3.00. The van der Waals surface area contributed by atoms with E-state index < -0.39 is 11.7 Å². The van der Waals surface area contributed by atoms with Crippen LogP contribution in [0.1, 0.15) is 11.1 Å². The third-order valence-corrected chi connectivity index (χ3v) is 4.36. The largest absolute Gasteiger partial charge is 0.416 e. The third-order valence-electron chi connectivity index (χ3n) is 4.36. The molecule has 1 fully saturated rings. The van der Waals surface area contributed by atoms with E-state index in [4.69, 9.17) is 0 Å². The molecule has 6 heteroatoms. The van der Waals surface area contributed by atoms with Crippen LogP contribution in [-0.2, 0) is 17.4 Å². The van der Waals surface area contributed by atoms with Crippen molar-refractivity contribution < 1.29 is 18.0 Å². The van der Waals surface area contributed by atoms with Gasteiger partial charge in [0.1, 0.15) is 0 Å². The molecule has 1 aliphatic rings. The Balaban J connectivity index is 1.58. The predicted molar refractivity (Wildman–Crippen MR) is 90.4 cm³/mol. The van der Waals surface area contributed by atoms with Crippen LogP contribution in [0.2, 0.25) is 0 Å². The molecular formula is C19H19F3N2O. The Morgan fingerprint density at radius 2 is 1.60 bits per heavy atom. The minimum Gasteiger partial charge on any atom is -0.368 e. The van der Waals surface area contributed by atoms with Crippen molar-refractivity contribution in [2.45, 2.75) is 12.6 Å². The van der Waals surface area contributed by atoms with Crippen molar-refractivity contribution in [3.8, 4) is 0 Å². The highest BCUT2D eigenvalue weighted by Crippen LogP contribution is 2.29. The van der Waals surface area contributed by atoms with Gasteiger partial charge in [-0.1, -0.05) is 36.4 Å². The van der Waals surface area contributed by atoms with Crippen molar-refractivity contribution in [2.24, 2.45) is 0 Å². The number of halogens is 3. The van der Waals surface area contributed by atoms with E-state index in [0.717, 1.165) is 30.9 Å². The van der Waals surface area contributed by atoms with Gasteiger partial charge < -0.3 is 9.80 Å². The van der Waals surface area contributed by atoms with Crippen LogP contribution in [-0.4, -0.2) is 37.0 Å². The summed E-state index contributed by atoms with van der Waals surface area (Å²) in [7, 11) is 0. The van der Waals surface area contributed by atoms with Gasteiger partial charge >= 0.3 is 6.18 Å². The van der Waals surface area contributed by atoms with Gasteiger partial charge in [-0.25, -0.2) is 0 Å². The van der Waals surface area contributed by atoms with Crippen molar-refractivity contribution in [3.63, 3.8) is 0 Å². The van der Waals surface area contributed by atoms with E-state index in [1.165, 1.54) is 6.07 Å². The number of para-hydroxylation sites is 1.